The number of nitrogens with zero attached hydrogens (tertiary/aromatic N) is 5. The summed E-state index contributed by atoms with van der Waals surface area (Å²) in [4.78, 5) is 25.4. The maximum Gasteiger partial charge on any atom is 0.243 e. The molecule has 0 spiro atoms. The lowest BCUT2D eigenvalue weighted by atomic mass is 9.88. The van der Waals surface area contributed by atoms with Crippen LogP contribution in [0.3, 0.4) is 0 Å². The Labute approximate surface area is 232 Å². The summed E-state index contributed by atoms with van der Waals surface area (Å²) in [5.41, 5.74) is 16.5. The van der Waals surface area contributed by atoms with Crippen LogP contribution in [0, 0.1) is 5.82 Å². The molecule has 4 aromatic rings. The Morgan fingerprint density at radius 1 is 1.10 bits per heavy atom. The number of ether oxygens (including phenoxy) is 2. The first-order valence-corrected chi connectivity index (χ1v) is 13.0. The van der Waals surface area contributed by atoms with E-state index in [1.165, 1.54) is 13.2 Å². The highest BCUT2D eigenvalue weighted by molar-refractivity contribution is 5.90. The van der Waals surface area contributed by atoms with Crippen molar-refractivity contribution >= 4 is 28.4 Å². The highest BCUT2D eigenvalue weighted by atomic mass is 19.1. The third-order valence-corrected chi connectivity index (χ3v) is 7.46. The van der Waals surface area contributed by atoms with Crippen molar-refractivity contribution in [3.05, 3.63) is 60.3 Å². The molecule has 1 aliphatic heterocycles. The van der Waals surface area contributed by atoms with Gasteiger partial charge in [0.1, 0.15) is 16.6 Å². The lowest BCUT2D eigenvalue weighted by Gasteiger charge is -2.42. The number of rotatable bonds is 7. The normalized spacial score (nSPS) is 17.2. The van der Waals surface area contributed by atoms with Crippen LogP contribution in [0.4, 0.5) is 15.9 Å². The highest BCUT2D eigenvalue weighted by Gasteiger charge is 2.40. The molecule has 10 nitrogen and oxygen atoms in total. The fraction of sp³-hybridized carbons (Fsp3) is 0.345. The smallest absolute Gasteiger partial charge is 0.243 e. The topological polar surface area (TPSA) is 125 Å². The zero-order chi connectivity index (χ0) is 28.6. The fourth-order valence-corrected chi connectivity index (χ4v) is 5.49. The number of imidazole rings is 1. The van der Waals surface area contributed by atoms with Crippen LogP contribution in [-0.4, -0.2) is 72.3 Å². The van der Waals surface area contributed by atoms with E-state index >= 15 is 0 Å². The van der Waals surface area contributed by atoms with Crippen LogP contribution < -0.4 is 25.8 Å². The Morgan fingerprint density at radius 2 is 1.82 bits per heavy atom. The fourth-order valence-electron chi connectivity index (χ4n) is 5.49. The molecule has 2 aromatic carbocycles. The molecule has 1 fully saturated rings. The van der Waals surface area contributed by atoms with E-state index in [0.717, 1.165) is 35.3 Å². The van der Waals surface area contributed by atoms with Crippen molar-refractivity contribution in [2.24, 2.45) is 5.73 Å². The standard InChI is InChI=1S/C29H34FN7O3/c1-35(2)28(38)29(32)10-5-11-36(16-29)22-8-6-18(19-7-9-23(39-3)21(30)13-19)12-20(22)15-37-17-34-25-26(37)24(40-4)14-33-27(25)31/h6-9,12-14,17H,5,10-11,15-16,32H2,1-4H3,(H2,31,33). The number of hydrogen-bond donors (Lipinski definition) is 2. The molecule has 1 saturated heterocycles. The van der Waals surface area contributed by atoms with Gasteiger partial charge in [0.05, 0.1) is 33.3 Å². The lowest BCUT2D eigenvalue weighted by molar-refractivity contribution is -0.134. The number of carbonyl (C=O) groups excluding carboxylic acids is 1. The first kappa shape index (κ1) is 27.2. The minimum absolute atomic E-state index is 0.0996. The number of nitrogens with two attached hydrogens (primary N) is 2. The molecule has 1 aliphatic rings. The average Bonchev–Trinajstić information content (AvgIpc) is 3.37. The summed E-state index contributed by atoms with van der Waals surface area (Å²) in [6, 6.07) is 10.9. The average molecular weight is 548 g/mol. The molecule has 0 aliphatic carbocycles. The van der Waals surface area contributed by atoms with Crippen molar-refractivity contribution in [2.45, 2.75) is 24.9 Å². The van der Waals surface area contributed by atoms with Gasteiger partial charge in [-0.2, -0.15) is 0 Å². The number of anilines is 2. The van der Waals surface area contributed by atoms with E-state index in [1.807, 2.05) is 28.8 Å². The van der Waals surface area contributed by atoms with Gasteiger partial charge in [0.2, 0.25) is 5.91 Å². The predicted molar refractivity (Wildman–Crippen MR) is 153 cm³/mol. The highest BCUT2D eigenvalue weighted by Crippen LogP contribution is 2.35. The molecule has 1 unspecified atom stereocenters. The third kappa shape index (κ3) is 4.88. The summed E-state index contributed by atoms with van der Waals surface area (Å²) in [6.07, 6.45) is 4.65. The van der Waals surface area contributed by atoms with Gasteiger partial charge < -0.3 is 35.3 Å². The van der Waals surface area contributed by atoms with Gasteiger partial charge in [0.25, 0.3) is 0 Å². The van der Waals surface area contributed by atoms with Gasteiger partial charge >= 0.3 is 0 Å². The second kappa shape index (κ2) is 10.6. The molecular weight excluding hydrogens is 513 g/mol. The zero-order valence-corrected chi connectivity index (χ0v) is 23.1. The van der Waals surface area contributed by atoms with Gasteiger partial charge in [-0.3, -0.25) is 4.79 Å². The summed E-state index contributed by atoms with van der Waals surface area (Å²) >= 11 is 0. The molecule has 1 amide bonds. The van der Waals surface area contributed by atoms with Gasteiger partial charge in [-0.1, -0.05) is 12.1 Å². The van der Waals surface area contributed by atoms with E-state index in [4.69, 9.17) is 20.9 Å². The summed E-state index contributed by atoms with van der Waals surface area (Å²) in [6.45, 7) is 1.53. The Kier molecular flexibility index (Phi) is 7.24. The van der Waals surface area contributed by atoms with Crippen LogP contribution in [0.15, 0.2) is 48.9 Å². The van der Waals surface area contributed by atoms with Gasteiger partial charge in [-0.25, -0.2) is 14.4 Å². The first-order chi connectivity index (χ1) is 19.1. The van der Waals surface area contributed by atoms with Crippen molar-refractivity contribution < 1.29 is 18.7 Å². The second-order valence-corrected chi connectivity index (χ2v) is 10.4. The van der Waals surface area contributed by atoms with Crippen LogP contribution in [0.25, 0.3) is 22.2 Å². The summed E-state index contributed by atoms with van der Waals surface area (Å²) in [5, 5.41) is 0. The van der Waals surface area contributed by atoms with E-state index in [0.29, 0.717) is 42.2 Å². The van der Waals surface area contributed by atoms with Gasteiger partial charge in [-0.05, 0) is 53.8 Å². The number of amides is 1. The Bertz CT molecular complexity index is 1570. The van der Waals surface area contributed by atoms with Crippen LogP contribution in [0.2, 0.25) is 0 Å². The number of pyridine rings is 1. The number of benzene rings is 2. The van der Waals surface area contributed by atoms with Crippen molar-refractivity contribution in [1.29, 1.82) is 0 Å². The molecule has 0 saturated carbocycles. The van der Waals surface area contributed by atoms with Crippen molar-refractivity contribution in [2.75, 3.05) is 52.0 Å². The van der Waals surface area contributed by atoms with E-state index in [2.05, 4.69) is 14.9 Å². The Hall–Kier alpha value is -4.38. The third-order valence-electron chi connectivity index (χ3n) is 7.46. The SMILES string of the molecule is COc1ccc(-c2ccc(N3CCCC(N)(C(=O)N(C)C)C3)c(Cn3cnc4c(N)ncc(OC)c43)c2)cc1F. The summed E-state index contributed by atoms with van der Waals surface area (Å²) < 4.78 is 27.2. The van der Waals surface area contributed by atoms with E-state index in [1.54, 1.807) is 44.7 Å². The minimum atomic E-state index is -0.998. The van der Waals surface area contributed by atoms with Gasteiger partial charge in [0, 0.05) is 32.9 Å². The lowest BCUT2D eigenvalue weighted by Crippen LogP contribution is -2.62. The van der Waals surface area contributed by atoms with Gasteiger partial charge in [0.15, 0.2) is 23.1 Å². The minimum Gasteiger partial charge on any atom is -0.494 e. The maximum absolute atomic E-state index is 14.6. The molecule has 11 heteroatoms. The van der Waals surface area contributed by atoms with Crippen molar-refractivity contribution in [1.82, 2.24) is 19.4 Å². The van der Waals surface area contributed by atoms with E-state index in [9.17, 15) is 9.18 Å². The van der Waals surface area contributed by atoms with Gasteiger partial charge in [-0.15, -0.1) is 0 Å². The Morgan fingerprint density at radius 3 is 2.52 bits per heavy atom. The molecule has 4 N–H and O–H groups in total. The number of aromatic nitrogens is 3. The molecule has 2 aromatic heterocycles. The molecule has 1 atom stereocenters. The molecule has 5 rings (SSSR count). The second-order valence-electron chi connectivity index (χ2n) is 10.4. The van der Waals surface area contributed by atoms with Crippen LogP contribution in [0.5, 0.6) is 11.5 Å². The van der Waals surface area contributed by atoms with Crippen molar-refractivity contribution in [3.8, 4) is 22.6 Å². The number of fused-ring (bicyclic) bond motifs is 1. The van der Waals surface area contributed by atoms with Crippen molar-refractivity contribution in [3.63, 3.8) is 0 Å². The summed E-state index contributed by atoms with van der Waals surface area (Å²) in [5.74, 6) is 0.500. The number of carbonyl (C=O) groups is 1. The number of nitrogen functional groups attached to an aromatic ring is 1. The molecule has 40 heavy (non-hydrogen) atoms. The van der Waals surface area contributed by atoms with Crippen LogP contribution in [-0.2, 0) is 11.3 Å². The number of methoxy groups -OCH3 is 2. The summed E-state index contributed by atoms with van der Waals surface area (Å²) in [7, 11) is 6.46. The number of hydrogen-bond acceptors (Lipinski definition) is 8. The number of piperidine rings is 1. The monoisotopic (exact) mass is 547 g/mol. The van der Waals surface area contributed by atoms with E-state index in [-0.39, 0.29) is 11.7 Å². The number of likely N-dealkylation sites (N-methyl/N-ethyl adjacent to an activating group) is 1. The van der Waals surface area contributed by atoms with Crippen LogP contribution in [0.1, 0.15) is 18.4 Å². The molecule has 0 bridgehead atoms. The maximum atomic E-state index is 14.6. The Balaban J connectivity index is 1.61. The molecule has 210 valence electrons. The number of halogens is 1. The zero-order valence-electron chi connectivity index (χ0n) is 23.1. The first-order valence-electron chi connectivity index (χ1n) is 13.0. The van der Waals surface area contributed by atoms with E-state index < -0.39 is 11.4 Å². The molecule has 3 heterocycles. The quantitative estimate of drug-likeness (QED) is 0.361. The largest absolute Gasteiger partial charge is 0.494 e. The molecular formula is C29H34FN7O3. The van der Waals surface area contributed by atoms with Crippen LogP contribution >= 0.6 is 0 Å². The predicted octanol–water partition coefficient (Wildman–Crippen LogP) is 3.27. The molecule has 0 radical (unpaired) electrons.